The summed E-state index contributed by atoms with van der Waals surface area (Å²) >= 11 is 0. The minimum atomic E-state index is 0.165. The molecule has 1 amide bonds. The van der Waals surface area contributed by atoms with E-state index in [9.17, 15) is 4.79 Å². The smallest absolute Gasteiger partial charge is 0.253 e. The van der Waals surface area contributed by atoms with E-state index in [1.165, 1.54) is 6.42 Å². The molecule has 0 saturated carbocycles. The lowest BCUT2D eigenvalue weighted by atomic mass is 10.1. The number of hydrogen-bond acceptors (Lipinski definition) is 1. The third-order valence-electron chi connectivity index (χ3n) is 2.61. The first-order valence-electron chi connectivity index (χ1n) is 5.13. The number of benzene rings is 1. The van der Waals surface area contributed by atoms with Crippen molar-refractivity contribution in [1.82, 2.24) is 4.90 Å². The maximum Gasteiger partial charge on any atom is 0.253 e. The number of carbonyl (C=O) groups excluding carboxylic acids is 1. The van der Waals surface area contributed by atoms with Crippen LogP contribution in [0, 0.1) is 6.07 Å². The van der Waals surface area contributed by atoms with Gasteiger partial charge in [-0.1, -0.05) is 12.1 Å². The Bertz CT molecular complexity index is 301. The van der Waals surface area contributed by atoms with Gasteiger partial charge < -0.3 is 4.90 Å². The molecule has 14 heavy (non-hydrogen) atoms. The van der Waals surface area contributed by atoms with Crippen LogP contribution in [0.4, 0.5) is 0 Å². The van der Waals surface area contributed by atoms with Gasteiger partial charge in [-0.15, -0.1) is 0 Å². The second-order valence-corrected chi connectivity index (χ2v) is 3.64. The van der Waals surface area contributed by atoms with Gasteiger partial charge in [0.25, 0.3) is 5.91 Å². The molecule has 0 aromatic heterocycles. The minimum absolute atomic E-state index is 0.165. The molecule has 1 aliphatic rings. The first-order valence-corrected chi connectivity index (χ1v) is 5.13. The highest BCUT2D eigenvalue weighted by Crippen LogP contribution is 2.12. The van der Waals surface area contributed by atoms with Crippen LogP contribution in [0.3, 0.4) is 0 Å². The van der Waals surface area contributed by atoms with E-state index >= 15 is 0 Å². The summed E-state index contributed by atoms with van der Waals surface area (Å²) in [6.07, 6.45) is 3.54. The number of nitrogens with zero attached hydrogens (tertiary/aromatic N) is 1. The lowest BCUT2D eigenvalue weighted by molar-refractivity contribution is 0.0724. The van der Waals surface area contributed by atoms with Crippen LogP contribution >= 0.6 is 0 Å². The Morgan fingerprint density at radius 1 is 1.14 bits per heavy atom. The molecular formula is C12H14NO. The zero-order chi connectivity index (χ0) is 9.80. The second kappa shape index (κ2) is 4.27. The Hall–Kier alpha value is -1.31. The van der Waals surface area contributed by atoms with E-state index in [0.29, 0.717) is 0 Å². The van der Waals surface area contributed by atoms with Crippen molar-refractivity contribution in [3.05, 3.63) is 35.9 Å². The fourth-order valence-electron chi connectivity index (χ4n) is 1.81. The summed E-state index contributed by atoms with van der Waals surface area (Å²) in [4.78, 5) is 13.9. The summed E-state index contributed by atoms with van der Waals surface area (Å²) in [5.41, 5.74) is 0.783. The molecule has 1 radical (unpaired) electrons. The molecule has 2 nitrogen and oxygen atoms in total. The highest BCUT2D eigenvalue weighted by atomic mass is 16.2. The van der Waals surface area contributed by atoms with Crippen LogP contribution in [0.5, 0.6) is 0 Å². The van der Waals surface area contributed by atoms with Gasteiger partial charge in [0, 0.05) is 18.7 Å². The third-order valence-corrected chi connectivity index (χ3v) is 2.61. The summed E-state index contributed by atoms with van der Waals surface area (Å²) in [6, 6.07) is 10.2. The predicted molar refractivity (Wildman–Crippen MR) is 55.0 cm³/mol. The monoisotopic (exact) mass is 188 g/mol. The minimum Gasteiger partial charge on any atom is -0.339 e. The summed E-state index contributed by atoms with van der Waals surface area (Å²) in [6.45, 7) is 1.83. The van der Waals surface area contributed by atoms with Crippen molar-refractivity contribution in [3.63, 3.8) is 0 Å². The fraction of sp³-hybridized carbons (Fsp3) is 0.417. The quantitative estimate of drug-likeness (QED) is 0.661. The Labute approximate surface area is 84.5 Å². The Morgan fingerprint density at radius 3 is 2.43 bits per heavy atom. The van der Waals surface area contributed by atoms with Gasteiger partial charge in [0.05, 0.1) is 0 Å². The number of piperidine rings is 1. The van der Waals surface area contributed by atoms with Crippen molar-refractivity contribution in [2.75, 3.05) is 13.1 Å². The van der Waals surface area contributed by atoms with E-state index in [4.69, 9.17) is 0 Å². The number of amides is 1. The molecule has 0 spiro atoms. The zero-order valence-corrected chi connectivity index (χ0v) is 8.20. The lowest BCUT2D eigenvalue weighted by Gasteiger charge is -2.26. The number of likely N-dealkylation sites (tertiary alicyclic amines) is 1. The van der Waals surface area contributed by atoms with Crippen molar-refractivity contribution in [3.8, 4) is 0 Å². The van der Waals surface area contributed by atoms with E-state index < -0.39 is 0 Å². The summed E-state index contributed by atoms with van der Waals surface area (Å²) in [5.74, 6) is 0.165. The van der Waals surface area contributed by atoms with Gasteiger partial charge >= 0.3 is 0 Å². The molecule has 0 N–H and O–H groups in total. The van der Waals surface area contributed by atoms with Gasteiger partial charge in [-0.05, 0) is 37.5 Å². The van der Waals surface area contributed by atoms with Gasteiger partial charge in [-0.25, -0.2) is 0 Å². The van der Waals surface area contributed by atoms with Gasteiger partial charge in [0.15, 0.2) is 0 Å². The van der Waals surface area contributed by atoms with Crippen molar-refractivity contribution < 1.29 is 4.79 Å². The largest absolute Gasteiger partial charge is 0.339 e. The lowest BCUT2D eigenvalue weighted by Crippen LogP contribution is -2.35. The molecule has 0 aliphatic carbocycles. The molecule has 1 aromatic rings. The van der Waals surface area contributed by atoms with Crippen LogP contribution in [0.1, 0.15) is 29.6 Å². The van der Waals surface area contributed by atoms with E-state index in [0.717, 1.165) is 31.5 Å². The van der Waals surface area contributed by atoms with Gasteiger partial charge in [0.1, 0.15) is 0 Å². The van der Waals surface area contributed by atoms with Crippen LogP contribution < -0.4 is 0 Å². The van der Waals surface area contributed by atoms with E-state index in [1.807, 2.05) is 17.0 Å². The molecule has 1 aliphatic heterocycles. The maximum atomic E-state index is 11.9. The first-order chi connectivity index (χ1) is 6.88. The maximum absolute atomic E-state index is 11.9. The number of hydrogen-bond donors (Lipinski definition) is 0. The molecule has 1 heterocycles. The van der Waals surface area contributed by atoms with Crippen molar-refractivity contribution in [2.45, 2.75) is 19.3 Å². The molecule has 2 heteroatoms. The standard InChI is InChI=1S/C12H14NO/c14-12(11-7-3-1-4-8-11)13-9-5-2-6-10-13/h3-4,7-8H,2,5-6,9-10H2. The average molecular weight is 188 g/mol. The Kier molecular flexibility index (Phi) is 2.82. The Morgan fingerprint density at radius 2 is 1.79 bits per heavy atom. The molecule has 0 unspecified atom stereocenters. The third kappa shape index (κ3) is 1.95. The molecule has 1 fully saturated rings. The van der Waals surface area contributed by atoms with Gasteiger partial charge in [-0.2, -0.15) is 0 Å². The molecule has 2 rings (SSSR count). The summed E-state index contributed by atoms with van der Waals surface area (Å²) in [5, 5.41) is 0. The SMILES string of the molecule is O=C(c1cc[c]cc1)N1CCCCC1. The van der Waals surface area contributed by atoms with Crippen LogP contribution in [0.25, 0.3) is 0 Å². The number of carbonyl (C=O) groups is 1. The molecular weight excluding hydrogens is 174 g/mol. The zero-order valence-electron chi connectivity index (χ0n) is 8.20. The van der Waals surface area contributed by atoms with Gasteiger partial charge in [0.2, 0.25) is 0 Å². The molecule has 1 saturated heterocycles. The van der Waals surface area contributed by atoms with E-state index in [-0.39, 0.29) is 5.91 Å². The van der Waals surface area contributed by atoms with Crippen molar-refractivity contribution >= 4 is 5.91 Å². The normalized spacial score (nSPS) is 16.7. The topological polar surface area (TPSA) is 20.3 Å². The van der Waals surface area contributed by atoms with E-state index in [2.05, 4.69) is 6.07 Å². The van der Waals surface area contributed by atoms with Crippen molar-refractivity contribution in [2.24, 2.45) is 0 Å². The second-order valence-electron chi connectivity index (χ2n) is 3.64. The number of rotatable bonds is 1. The fourth-order valence-corrected chi connectivity index (χ4v) is 1.81. The molecule has 1 aromatic carbocycles. The highest BCUT2D eigenvalue weighted by molar-refractivity contribution is 5.94. The highest BCUT2D eigenvalue weighted by Gasteiger charge is 2.17. The van der Waals surface area contributed by atoms with E-state index in [1.54, 1.807) is 12.1 Å². The van der Waals surface area contributed by atoms with Crippen molar-refractivity contribution in [1.29, 1.82) is 0 Å². The molecule has 0 atom stereocenters. The summed E-state index contributed by atoms with van der Waals surface area (Å²) < 4.78 is 0. The van der Waals surface area contributed by atoms with Crippen LogP contribution in [0.15, 0.2) is 24.3 Å². The molecule has 73 valence electrons. The van der Waals surface area contributed by atoms with Crippen LogP contribution in [-0.4, -0.2) is 23.9 Å². The molecule has 0 bridgehead atoms. The average Bonchev–Trinajstić information content (AvgIpc) is 2.30. The van der Waals surface area contributed by atoms with Crippen LogP contribution in [-0.2, 0) is 0 Å². The Balaban J connectivity index is 2.07. The summed E-state index contributed by atoms with van der Waals surface area (Å²) in [7, 11) is 0. The van der Waals surface area contributed by atoms with Crippen LogP contribution in [0.2, 0.25) is 0 Å². The first kappa shape index (κ1) is 9.25. The van der Waals surface area contributed by atoms with Gasteiger partial charge in [-0.3, -0.25) is 4.79 Å². The predicted octanol–water partition coefficient (Wildman–Crippen LogP) is 2.11.